The average Bonchev–Trinajstić information content (AvgIpc) is 2.47. The number of rotatable bonds is 6. The molecule has 2 atom stereocenters. The third-order valence-corrected chi connectivity index (χ3v) is 3.84. The molecule has 0 bridgehead atoms. The van der Waals surface area contributed by atoms with Crippen molar-refractivity contribution in [3.05, 3.63) is 71.3 Å². The number of aliphatic carboxylic acids is 1. The van der Waals surface area contributed by atoms with Crippen molar-refractivity contribution in [2.24, 2.45) is 5.92 Å². The molecule has 0 fully saturated rings. The quantitative estimate of drug-likeness (QED) is 0.851. The summed E-state index contributed by atoms with van der Waals surface area (Å²) in [5.41, 5.74) is 3.31. The molecule has 0 heterocycles. The molecule has 0 aliphatic carbocycles. The van der Waals surface area contributed by atoms with E-state index < -0.39 is 11.9 Å². The Morgan fingerprint density at radius 3 is 2.24 bits per heavy atom. The van der Waals surface area contributed by atoms with Crippen LogP contribution in [0.3, 0.4) is 0 Å². The Hall–Kier alpha value is -2.09. The van der Waals surface area contributed by atoms with Gasteiger partial charge in [-0.1, -0.05) is 67.1 Å². The minimum absolute atomic E-state index is 0.329. The van der Waals surface area contributed by atoms with Crippen molar-refractivity contribution < 1.29 is 9.90 Å². The molecule has 2 rings (SSSR count). The highest BCUT2D eigenvalue weighted by Gasteiger charge is 2.22. The lowest BCUT2D eigenvalue weighted by atomic mass is 9.86. The summed E-state index contributed by atoms with van der Waals surface area (Å²) in [5.74, 6) is -0.835. The summed E-state index contributed by atoms with van der Waals surface area (Å²) in [6.07, 6.45) is 1.57. The molecule has 2 nitrogen and oxygen atoms in total. The van der Waals surface area contributed by atoms with Gasteiger partial charge in [-0.2, -0.15) is 0 Å². The fraction of sp³-hybridized carbons (Fsp3) is 0.316. The zero-order valence-electron chi connectivity index (χ0n) is 12.6. The fourth-order valence-corrected chi connectivity index (χ4v) is 2.68. The van der Waals surface area contributed by atoms with E-state index in [9.17, 15) is 9.90 Å². The summed E-state index contributed by atoms with van der Waals surface area (Å²) in [5, 5.41) is 9.51. The van der Waals surface area contributed by atoms with Crippen molar-refractivity contribution in [1.82, 2.24) is 0 Å². The molecule has 0 aliphatic rings. The van der Waals surface area contributed by atoms with E-state index in [1.807, 2.05) is 49.4 Å². The zero-order chi connectivity index (χ0) is 15.2. The Bertz CT molecular complexity index is 572. The van der Waals surface area contributed by atoms with Crippen molar-refractivity contribution in [3.8, 4) is 0 Å². The molecule has 110 valence electrons. The molecule has 0 aromatic heterocycles. The van der Waals surface area contributed by atoms with E-state index in [-0.39, 0.29) is 0 Å². The van der Waals surface area contributed by atoms with Gasteiger partial charge in [0.15, 0.2) is 0 Å². The van der Waals surface area contributed by atoms with Crippen LogP contribution in [0.5, 0.6) is 0 Å². The number of hydrogen-bond acceptors (Lipinski definition) is 1. The van der Waals surface area contributed by atoms with Gasteiger partial charge in [0.1, 0.15) is 0 Å². The number of benzene rings is 2. The van der Waals surface area contributed by atoms with Gasteiger partial charge < -0.3 is 5.11 Å². The van der Waals surface area contributed by atoms with Crippen LogP contribution in [0.25, 0.3) is 0 Å². The van der Waals surface area contributed by atoms with Gasteiger partial charge in [-0.05, 0) is 36.8 Å². The first kappa shape index (κ1) is 15.3. The Balaban J connectivity index is 2.06. The highest BCUT2D eigenvalue weighted by molar-refractivity contribution is 5.76. The summed E-state index contributed by atoms with van der Waals surface area (Å²) in [4.78, 5) is 11.6. The van der Waals surface area contributed by atoms with Crippen LogP contribution in [0.1, 0.15) is 36.0 Å². The lowest BCUT2D eigenvalue weighted by Gasteiger charge is -2.18. The zero-order valence-corrected chi connectivity index (χ0v) is 12.6. The normalized spacial score (nSPS) is 13.6. The second kappa shape index (κ2) is 7.07. The van der Waals surface area contributed by atoms with Crippen LogP contribution in [-0.4, -0.2) is 11.1 Å². The van der Waals surface area contributed by atoms with Crippen molar-refractivity contribution in [2.75, 3.05) is 0 Å². The van der Waals surface area contributed by atoms with Gasteiger partial charge in [-0.15, -0.1) is 0 Å². The average molecular weight is 282 g/mol. The smallest absolute Gasteiger partial charge is 0.310 e. The Kier molecular flexibility index (Phi) is 5.15. The molecule has 0 saturated heterocycles. The van der Waals surface area contributed by atoms with E-state index >= 15 is 0 Å². The van der Waals surface area contributed by atoms with Crippen molar-refractivity contribution >= 4 is 5.97 Å². The third-order valence-electron chi connectivity index (χ3n) is 3.84. The second-order valence-corrected chi connectivity index (χ2v) is 5.83. The first-order valence-electron chi connectivity index (χ1n) is 7.39. The number of hydrogen-bond donors (Lipinski definition) is 1. The highest BCUT2D eigenvalue weighted by Crippen LogP contribution is 2.26. The highest BCUT2D eigenvalue weighted by atomic mass is 16.4. The molecular formula is C19H22O2. The van der Waals surface area contributed by atoms with Crippen LogP contribution in [0.15, 0.2) is 54.6 Å². The molecule has 0 aliphatic heterocycles. The van der Waals surface area contributed by atoms with Crippen LogP contribution < -0.4 is 0 Å². The fourth-order valence-electron chi connectivity index (χ4n) is 2.68. The number of carbonyl (C=O) groups is 1. The topological polar surface area (TPSA) is 37.3 Å². The lowest BCUT2D eigenvalue weighted by molar-refractivity contribution is -0.139. The molecule has 2 heteroatoms. The minimum atomic E-state index is -0.737. The van der Waals surface area contributed by atoms with Crippen LogP contribution >= 0.6 is 0 Å². The summed E-state index contributed by atoms with van der Waals surface area (Å²) >= 11 is 0. The van der Waals surface area contributed by atoms with Crippen LogP contribution in [0.4, 0.5) is 0 Å². The minimum Gasteiger partial charge on any atom is -0.481 e. The maximum absolute atomic E-state index is 11.6. The van der Waals surface area contributed by atoms with E-state index in [1.165, 1.54) is 5.56 Å². The molecule has 21 heavy (non-hydrogen) atoms. The van der Waals surface area contributed by atoms with Gasteiger partial charge in [-0.3, -0.25) is 4.79 Å². The number of carboxylic acids is 1. The number of carboxylic acid groups (broad SMARTS) is 1. The predicted octanol–water partition coefficient (Wildman–Crippen LogP) is 4.43. The monoisotopic (exact) mass is 282 g/mol. The molecule has 0 amide bonds. The first-order valence-corrected chi connectivity index (χ1v) is 7.39. The summed E-state index contributed by atoms with van der Waals surface area (Å²) in [6.45, 7) is 4.13. The van der Waals surface area contributed by atoms with Crippen molar-refractivity contribution in [1.29, 1.82) is 0 Å². The van der Waals surface area contributed by atoms with E-state index in [0.717, 1.165) is 17.5 Å². The van der Waals surface area contributed by atoms with E-state index in [1.54, 1.807) is 0 Å². The number of aryl methyl sites for hydroxylation is 1. The molecule has 2 aromatic rings. The van der Waals surface area contributed by atoms with E-state index in [4.69, 9.17) is 0 Å². The molecule has 0 radical (unpaired) electrons. The van der Waals surface area contributed by atoms with E-state index in [0.29, 0.717) is 12.3 Å². The summed E-state index contributed by atoms with van der Waals surface area (Å²) < 4.78 is 0. The molecule has 0 saturated carbocycles. The van der Waals surface area contributed by atoms with Crippen LogP contribution in [-0.2, 0) is 11.2 Å². The Morgan fingerprint density at radius 1 is 1.05 bits per heavy atom. The van der Waals surface area contributed by atoms with Gasteiger partial charge in [0.25, 0.3) is 0 Å². The van der Waals surface area contributed by atoms with Crippen molar-refractivity contribution in [3.63, 3.8) is 0 Å². The van der Waals surface area contributed by atoms with Gasteiger partial charge >= 0.3 is 5.97 Å². The maximum atomic E-state index is 11.6. The lowest BCUT2D eigenvalue weighted by Crippen LogP contribution is -2.16. The Labute approximate surface area is 126 Å². The van der Waals surface area contributed by atoms with Gasteiger partial charge in [-0.25, -0.2) is 0 Å². The van der Waals surface area contributed by atoms with Gasteiger partial charge in [0.05, 0.1) is 5.92 Å². The maximum Gasteiger partial charge on any atom is 0.310 e. The molecule has 1 N–H and O–H groups in total. The second-order valence-electron chi connectivity index (χ2n) is 5.83. The van der Waals surface area contributed by atoms with Crippen LogP contribution in [0.2, 0.25) is 0 Å². The largest absolute Gasteiger partial charge is 0.481 e. The molecule has 2 unspecified atom stereocenters. The summed E-state index contributed by atoms with van der Waals surface area (Å²) in [7, 11) is 0. The van der Waals surface area contributed by atoms with E-state index in [2.05, 4.69) is 19.1 Å². The molecule has 2 aromatic carbocycles. The standard InChI is InChI=1S/C19H22O2/c1-14-8-10-17(11-9-14)18(19(20)21)13-15(2)12-16-6-4-3-5-7-16/h3-11,15,18H,12-13H2,1-2H3,(H,20,21). The molecular weight excluding hydrogens is 260 g/mol. The predicted molar refractivity (Wildman–Crippen MR) is 85.5 cm³/mol. The Morgan fingerprint density at radius 2 is 1.67 bits per heavy atom. The third kappa shape index (κ3) is 4.45. The SMILES string of the molecule is Cc1ccc(C(CC(C)Cc2ccccc2)C(=O)O)cc1. The van der Waals surface area contributed by atoms with Gasteiger partial charge in [0, 0.05) is 0 Å². The summed E-state index contributed by atoms with van der Waals surface area (Å²) in [6, 6.07) is 18.1. The molecule has 0 spiro atoms. The van der Waals surface area contributed by atoms with Gasteiger partial charge in [0.2, 0.25) is 0 Å². The van der Waals surface area contributed by atoms with Crippen LogP contribution in [0, 0.1) is 12.8 Å². The first-order chi connectivity index (χ1) is 10.1. The van der Waals surface area contributed by atoms with Crippen molar-refractivity contribution in [2.45, 2.75) is 32.6 Å².